The topological polar surface area (TPSA) is 46.3 Å². The molecular formula is C11H16N2O2. The number of likely N-dealkylation sites (tertiary alicyclic amines) is 1. The van der Waals surface area contributed by atoms with E-state index < -0.39 is 0 Å². The van der Waals surface area contributed by atoms with Crippen molar-refractivity contribution in [1.82, 2.24) is 9.88 Å². The Hall–Kier alpha value is -1.16. The molecule has 2 heterocycles. The monoisotopic (exact) mass is 208 g/mol. The molecule has 1 aliphatic heterocycles. The van der Waals surface area contributed by atoms with Gasteiger partial charge < -0.3 is 9.32 Å². The maximum absolute atomic E-state index is 10.4. The van der Waals surface area contributed by atoms with E-state index in [1.54, 1.807) is 0 Å². The summed E-state index contributed by atoms with van der Waals surface area (Å²) in [6.45, 7) is 3.35. The van der Waals surface area contributed by atoms with Gasteiger partial charge in [-0.1, -0.05) is 6.42 Å². The summed E-state index contributed by atoms with van der Waals surface area (Å²) < 4.78 is 5.22. The summed E-state index contributed by atoms with van der Waals surface area (Å²) in [6, 6.07) is 0. The summed E-state index contributed by atoms with van der Waals surface area (Å²) >= 11 is 0. The van der Waals surface area contributed by atoms with E-state index in [2.05, 4.69) is 9.88 Å². The maximum atomic E-state index is 10.4. The summed E-state index contributed by atoms with van der Waals surface area (Å²) in [4.78, 5) is 16.9. The van der Waals surface area contributed by atoms with Crippen molar-refractivity contribution in [2.24, 2.45) is 0 Å². The van der Waals surface area contributed by atoms with E-state index in [1.165, 1.54) is 38.5 Å². The van der Waals surface area contributed by atoms with Crippen molar-refractivity contribution in [1.29, 1.82) is 0 Å². The largest absolute Gasteiger partial charge is 0.438 e. The molecule has 0 atom stereocenters. The van der Waals surface area contributed by atoms with Crippen LogP contribution in [0, 0.1) is 0 Å². The average Bonchev–Trinajstić information content (AvgIpc) is 2.76. The zero-order chi connectivity index (χ0) is 10.5. The van der Waals surface area contributed by atoms with E-state index in [0.717, 1.165) is 13.0 Å². The fraction of sp³-hybridized carbons (Fsp3) is 0.636. The Bertz CT molecular complexity index is 316. The minimum absolute atomic E-state index is 0.323. The highest BCUT2D eigenvalue weighted by Gasteiger charge is 2.11. The first-order chi connectivity index (χ1) is 7.38. The highest BCUT2D eigenvalue weighted by atomic mass is 16.4. The Morgan fingerprint density at radius 1 is 1.40 bits per heavy atom. The number of oxazole rings is 1. The molecule has 15 heavy (non-hydrogen) atoms. The summed E-state index contributed by atoms with van der Waals surface area (Å²) in [5, 5.41) is 0. The lowest BCUT2D eigenvalue weighted by Crippen LogP contribution is -2.31. The van der Waals surface area contributed by atoms with E-state index in [9.17, 15) is 4.79 Å². The lowest BCUT2D eigenvalue weighted by atomic mass is 10.1. The predicted octanol–water partition coefficient (Wildman–Crippen LogP) is 1.52. The Kier molecular flexibility index (Phi) is 3.50. The van der Waals surface area contributed by atoms with Crippen LogP contribution in [0.1, 0.15) is 35.7 Å². The van der Waals surface area contributed by atoms with Crippen LogP contribution >= 0.6 is 0 Å². The second kappa shape index (κ2) is 5.07. The van der Waals surface area contributed by atoms with Gasteiger partial charge in [-0.25, -0.2) is 4.98 Å². The van der Waals surface area contributed by atoms with Gasteiger partial charge in [-0.3, -0.25) is 4.79 Å². The third-order valence-corrected chi connectivity index (χ3v) is 2.78. The third-order valence-electron chi connectivity index (χ3n) is 2.78. The second-order valence-corrected chi connectivity index (χ2v) is 3.93. The van der Waals surface area contributed by atoms with Crippen molar-refractivity contribution in [3.8, 4) is 0 Å². The minimum atomic E-state index is 0.323. The lowest BCUT2D eigenvalue weighted by Gasteiger charge is -2.25. The first-order valence-corrected chi connectivity index (χ1v) is 5.51. The van der Waals surface area contributed by atoms with Crippen molar-refractivity contribution >= 4 is 6.29 Å². The first-order valence-electron chi connectivity index (χ1n) is 5.51. The second-order valence-electron chi connectivity index (χ2n) is 3.93. The van der Waals surface area contributed by atoms with Gasteiger partial charge in [-0.05, 0) is 25.9 Å². The van der Waals surface area contributed by atoms with Gasteiger partial charge in [-0.15, -0.1) is 0 Å². The van der Waals surface area contributed by atoms with Crippen LogP contribution in [0.15, 0.2) is 10.6 Å². The Labute approximate surface area is 89.3 Å². The Balaban J connectivity index is 1.79. The van der Waals surface area contributed by atoms with Crippen molar-refractivity contribution < 1.29 is 9.21 Å². The molecule has 0 unspecified atom stereocenters. The molecule has 4 nitrogen and oxygen atoms in total. The highest BCUT2D eigenvalue weighted by Crippen LogP contribution is 2.10. The van der Waals surface area contributed by atoms with Crippen LogP contribution in [0.2, 0.25) is 0 Å². The van der Waals surface area contributed by atoms with Crippen molar-refractivity contribution in [2.75, 3.05) is 19.6 Å². The van der Waals surface area contributed by atoms with Crippen molar-refractivity contribution in [3.63, 3.8) is 0 Å². The Morgan fingerprint density at radius 3 is 2.87 bits per heavy atom. The molecule has 82 valence electrons. The molecule has 0 amide bonds. The molecule has 1 fully saturated rings. The van der Waals surface area contributed by atoms with Gasteiger partial charge in [-0.2, -0.15) is 0 Å². The number of carbonyl (C=O) groups is 1. The number of aldehydes is 1. The molecule has 1 aromatic rings. The van der Waals surface area contributed by atoms with Gasteiger partial charge in [0.1, 0.15) is 0 Å². The van der Waals surface area contributed by atoms with Crippen LogP contribution in [0.4, 0.5) is 0 Å². The molecule has 0 aromatic carbocycles. The van der Waals surface area contributed by atoms with Crippen molar-refractivity contribution in [3.05, 3.63) is 17.8 Å². The van der Waals surface area contributed by atoms with Crippen LogP contribution in [0.5, 0.6) is 0 Å². The SMILES string of the molecule is O=Cc1cnc(CCN2CCCCC2)o1. The van der Waals surface area contributed by atoms with Gasteiger partial charge in [0.05, 0.1) is 6.20 Å². The molecule has 2 rings (SSSR count). The summed E-state index contributed by atoms with van der Waals surface area (Å²) in [5.41, 5.74) is 0. The Morgan fingerprint density at radius 2 is 2.20 bits per heavy atom. The summed E-state index contributed by atoms with van der Waals surface area (Å²) in [5.74, 6) is 0.992. The van der Waals surface area contributed by atoms with Gasteiger partial charge in [0.15, 0.2) is 17.9 Å². The standard InChI is InChI=1S/C11H16N2O2/c14-9-10-8-12-11(15-10)4-7-13-5-2-1-3-6-13/h8-9H,1-7H2. The zero-order valence-electron chi connectivity index (χ0n) is 8.82. The van der Waals surface area contributed by atoms with Crippen LogP contribution in [-0.4, -0.2) is 35.8 Å². The fourth-order valence-corrected chi connectivity index (χ4v) is 1.93. The van der Waals surface area contributed by atoms with E-state index >= 15 is 0 Å². The zero-order valence-corrected chi connectivity index (χ0v) is 8.82. The number of carbonyl (C=O) groups excluding carboxylic acids is 1. The lowest BCUT2D eigenvalue weighted by molar-refractivity contribution is 0.109. The van der Waals surface area contributed by atoms with Crippen LogP contribution < -0.4 is 0 Å². The van der Waals surface area contributed by atoms with E-state index in [0.29, 0.717) is 17.9 Å². The fourth-order valence-electron chi connectivity index (χ4n) is 1.93. The number of hydrogen-bond acceptors (Lipinski definition) is 4. The smallest absolute Gasteiger partial charge is 0.196 e. The third kappa shape index (κ3) is 2.89. The molecule has 0 saturated carbocycles. The van der Waals surface area contributed by atoms with E-state index in [-0.39, 0.29) is 0 Å². The molecule has 1 aromatic heterocycles. The van der Waals surface area contributed by atoms with Crippen LogP contribution in [0.3, 0.4) is 0 Å². The molecule has 1 aliphatic rings. The quantitative estimate of drug-likeness (QED) is 0.704. The number of nitrogens with zero attached hydrogens (tertiary/aromatic N) is 2. The molecule has 1 saturated heterocycles. The number of hydrogen-bond donors (Lipinski definition) is 0. The van der Waals surface area contributed by atoms with Crippen LogP contribution in [0.25, 0.3) is 0 Å². The predicted molar refractivity (Wildman–Crippen MR) is 55.9 cm³/mol. The number of aromatic nitrogens is 1. The van der Waals surface area contributed by atoms with Gasteiger partial charge in [0.2, 0.25) is 0 Å². The first kappa shape index (κ1) is 10.4. The molecule has 0 aliphatic carbocycles. The van der Waals surface area contributed by atoms with E-state index in [1.807, 2.05) is 0 Å². The maximum Gasteiger partial charge on any atom is 0.196 e. The molecule has 4 heteroatoms. The number of rotatable bonds is 4. The number of piperidine rings is 1. The minimum Gasteiger partial charge on any atom is -0.438 e. The van der Waals surface area contributed by atoms with Gasteiger partial charge in [0, 0.05) is 13.0 Å². The molecule has 0 N–H and O–H groups in total. The molecule has 0 spiro atoms. The summed E-state index contributed by atoms with van der Waals surface area (Å²) in [7, 11) is 0. The van der Waals surface area contributed by atoms with Crippen LogP contribution in [-0.2, 0) is 6.42 Å². The molecule has 0 radical (unpaired) electrons. The molecule has 0 bridgehead atoms. The van der Waals surface area contributed by atoms with Gasteiger partial charge >= 0.3 is 0 Å². The van der Waals surface area contributed by atoms with Crippen molar-refractivity contribution in [2.45, 2.75) is 25.7 Å². The summed E-state index contributed by atoms with van der Waals surface area (Å²) in [6.07, 6.45) is 6.92. The normalized spacial score (nSPS) is 17.9. The van der Waals surface area contributed by atoms with Gasteiger partial charge in [0.25, 0.3) is 0 Å². The van der Waals surface area contributed by atoms with E-state index in [4.69, 9.17) is 4.42 Å². The average molecular weight is 208 g/mol. The highest BCUT2D eigenvalue weighted by molar-refractivity contribution is 5.69. The molecular weight excluding hydrogens is 192 g/mol.